The Morgan fingerprint density at radius 1 is 0.906 bits per heavy atom. The van der Waals surface area contributed by atoms with Crippen molar-refractivity contribution in [3.8, 4) is 21.7 Å². The van der Waals surface area contributed by atoms with Gasteiger partial charge >= 0.3 is 5.69 Å². The summed E-state index contributed by atoms with van der Waals surface area (Å²) in [5, 5.41) is 13.3. The number of nitrogens with two attached hydrogens (primary N) is 1. The van der Waals surface area contributed by atoms with E-state index in [2.05, 4.69) is 98.0 Å². The number of thiazole rings is 1. The van der Waals surface area contributed by atoms with Crippen LogP contribution >= 0.6 is 11.3 Å². The van der Waals surface area contributed by atoms with Gasteiger partial charge in [-0.25, -0.2) is 9.78 Å². The number of H-pyrrole nitrogens is 2. The molecule has 0 saturated heterocycles. The Bertz CT molecular complexity index is 1250. The van der Waals surface area contributed by atoms with Crippen LogP contribution in [0.15, 0.2) is 78.0 Å². The van der Waals surface area contributed by atoms with Gasteiger partial charge in [-0.2, -0.15) is 10.2 Å². The zero-order valence-corrected chi connectivity index (χ0v) is 18.4. The van der Waals surface area contributed by atoms with E-state index in [0.29, 0.717) is 0 Å². The van der Waals surface area contributed by atoms with Crippen molar-refractivity contribution in [1.82, 2.24) is 35.6 Å². The molecule has 0 bridgehead atoms. The first-order valence-electron chi connectivity index (χ1n) is 9.61. The lowest BCUT2D eigenvalue weighted by molar-refractivity contribution is 0.881. The molecule has 5 aromatic rings. The molecule has 3 aromatic heterocycles. The Kier molecular flexibility index (Phi) is 7.93. The number of nitrogen functional groups attached to an aromatic ring is 1. The van der Waals surface area contributed by atoms with E-state index in [1.165, 1.54) is 40.2 Å². The molecule has 0 aliphatic carbocycles. The van der Waals surface area contributed by atoms with Gasteiger partial charge in [-0.05, 0) is 31.0 Å². The van der Waals surface area contributed by atoms with Crippen LogP contribution in [-0.2, 0) is 0 Å². The third-order valence-corrected chi connectivity index (χ3v) is 5.34. The van der Waals surface area contributed by atoms with Crippen molar-refractivity contribution in [2.45, 2.75) is 13.8 Å². The monoisotopic (exact) mass is 446 g/mol. The normalized spacial score (nSPS) is 9.81. The summed E-state index contributed by atoms with van der Waals surface area (Å²) in [5.41, 5.74) is 9.55. The summed E-state index contributed by atoms with van der Waals surface area (Å²) in [6, 6.07) is 20.5. The molecular weight excluding hydrogens is 424 g/mol. The Morgan fingerprint density at radius 2 is 1.62 bits per heavy atom. The molecule has 0 aliphatic rings. The summed E-state index contributed by atoms with van der Waals surface area (Å²) in [6.07, 6.45) is 2.78. The van der Waals surface area contributed by atoms with Gasteiger partial charge in [-0.1, -0.05) is 59.8 Å². The van der Waals surface area contributed by atoms with Gasteiger partial charge < -0.3 is 10.7 Å². The molecule has 32 heavy (non-hydrogen) atoms. The minimum Gasteiger partial charge on any atom is -0.383 e. The second kappa shape index (κ2) is 11.3. The quantitative estimate of drug-likeness (QED) is 0.376. The molecule has 10 heteroatoms. The van der Waals surface area contributed by atoms with Gasteiger partial charge in [-0.3, -0.25) is 0 Å². The van der Waals surface area contributed by atoms with Gasteiger partial charge in [0, 0.05) is 16.6 Å². The van der Waals surface area contributed by atoms with Crippen LogP contribution in [0.1, 0.15) is 10.6 Å². The van der Waals surface area contributed by atoms with Gasteiger partial charge in [-0.15, -0.1) is 21.5 Å². The molecular formula is C22H22N8OS. The topological polar surface area (TPSA) is 139 Å². The molecule has 0 fully saturated rings. The standard InChI is InChI=1S/C17H15NS.C4H5N3O.CH2N4/c1-12-13(2)19-17(18-12)16-11-7-6-10-15(16)14-8-4-3-5-9-14;5-3-1-2-6-4(8)7-3;1-2-4-5-3-1/h3-11H,1-2H3;1-2H,(H3,5,6,7,8);1H,(H,2,3,4,5). The minimum absolute atomic E-state index is 0.244. The lowest BCUT2D eigenvalue weighted by Crippen LogP contribution is -2.10. The third-order valence-electron chi connectivity index (χ3n) is 4.23. The van der Waals surface area contributed by atoms with Crippen molar-refractivity contribution < 1.29 is 0 Å². The first-order valence-corrected chi connectivity index (χ1v) is 10.4. The zero-order valence-electron chi connectivity index (χ0n) is 17.6. The van der Waals surface area contributed by atoms with Crippen LogP contribution in [0.25, 0.3) is 21.7 Å². The second-order valence-corrected chi connectivity index (χ2v) is 7.65. The number of tetrazole rings is 1. The highest BCUT2D eigenvalue weighted by Crippen LogP contribution is 2.35. The maximum absolute atomic E-state index is 10.2. The Morgan fingerprint density at radius 3 is 2.12 bits per heavy atom. The molecule has 0 unspecified atom stereocenters. The summed E-state index contributed by atoms with van der Waals surface area (Å²) in [4.78, 5) is 21.9. The molecule has 0 saturated carbocycles. The van der Waals surface area contributed by atoms with Gasteiger partial charge in [0.2, 0.25) is 0 Å². The largest absolute Gasteiger partial charge is 0.383 e. The fourth-order valence-corrected chi connectivity index (χ4v) is 3.60. The molecule has 3 heterocycles. The highest BCUT2D eigenvalue weighted by molar-refractivity contribution is 7.15. The predicted octanol–water partition coefficient (Wildman–Crippen LogP) is 3.65. The van der Waals surface area contributed by atoms with Crippen molar-refractivity contribution in [2.24, 2.45) is 0 Å². The fraction of sp³-hybridized carbons (Fsp3) is 0.0909. The average molecular weight is 447 g/mol. The van der Waals surface area contributed by atoms with E-state index >= 15 is 0 Å². The van der Waals surface area contributed by atoms with Gasteiger partial charge in [0.1, 0.15) is 10.8 Å². The lowest BCUT2D eigenvalue weighted by Gasteiger charge is -2.07. The Labute approximate surface area is 188 Å². The summed E-state index contributed by atoms with van der Waals surface area (Å²) >= 11 is 1.77. The summed E-state index contributed by atoms with van der Waals surface area (Å²) < 4.78 is 0. The van der Waals surface area contributed by atoms with Crippen LogP contribution in [0, 0.1) is 13.8 Å². The summed E-state index contributed by atoms with van der Waals surface area (Å²) in [7, 11) is 0. The molecule has 5 rings (SSSR count). The number of benzene rings is 2. The maximum Gasteiger partial charge on any atom is 0.346 e. The van der Waals surface area contributed by atoms with E-state index in [1.54, 1.807) is 11.3 Å². The highest BCUT2D eigenvalue weighted by Gasteiger charge is 2.11. The third kappa shape index (κ3) is 6.41. The van der Waals surface area contributed by atoms with Gasteiger partial charge in [0.25, 0.3) is 0 Å². The van der Waals surface area contributed by atoms with Crippen LogP contribution in [0.4, 0.5) is 5.82 Å². The van der Waals surface area contributed by atoms with Crippen molar-refractivity contribution in [2.75, 3.05) is 5.73 Å². The first-order chi connectivity index (χ1) is 15.5. The molecule has 2 aromatic carbocycles. The van der Waals surface area contributed by atoms with E-state index in [0.717, 1.165) is 10.7 Å². The summed E-state index contributed by atoms with van der Waals surface area (Å²) in [5.74, 6) is 0.244. The smallest absolute Gasteiger partial charge is 0.346 e. The molecule has 0 radical (unpaired) electrons. The molecule has 0 spiro atoms. The predicted molar refractivity (Wildman–Crippen MR) is 126 cm³/mol. The molecule has 4 N–H and O–H groups in total. The number of hydrogen-bond acceptors (Lipinski definition) is 8. The SMILES string of the molecule is Cc1nc(-c2ccccc2-c2ccccc2)sc1C.Nc1cc[nH]c(=O)n1.c1nn[nH]n1. The zero-order chi connectivity index (χ0) is 22.8. The Hall–Kier alpha value is -4.18. The van der Waals surface area contributed by atoms with Crippen LogP contribution in [-0.4, -0.2) is 35.6 Å². The van der Waals surface area contributed by atoms with Crippen molar-refractivity contribution in [3.05, 3.63) is 94.2 Å². The summed E-state index contributed by atoms with van der Waals surface area (Å²) in [6.45, 7) is 4.20. The molecule has 0 aliphatic heterocycles. The molecule has 9 nitrogen and oxygen atoms in total. The number of rotatable bonds is 2. The number of anilines is 1. The highest BCUT2D eigenvalue weighted by atomic mass is 32.1. The fourth-order valence-electron chi connectivity index (χ4n) is 2.64. The first kappa shape index (κ1) is 22.5. The number of nitrogens with zero attached hydrogens (tertiary/aromatic N) is 5. The van der Waals surface area contributed by atoms with Gasteiger partial charge in [0.05, 0.1) is 5.69 Å². The Balaban J connectivity index is 0.000000181. The second-order valence-electron chi connectivity index (χ2n) is 6.45. The van der Waals surface area contributed by atoms with Crippen molar-refractivity contribution in [3.63, 3.8) is 0 Å². The van der Waals surface area contributed by atoms with Crippen LogP contribution in [0.5, 0.6) is 0 Å². The number of nitrogens with one attached hydrogen (secondary N) is 2. The van der Waals surface area contributed by atoms with E-state index in [-0.39, 0.29) is 5.82 Å². The number of aromatic nitrogens is 7. The van der Waals surface area contributed by atoms with E-state index < -0.39 is 5.69 Å². The van der Waals surface area contributed by atoms with Crippen LogP contribution in [0.2, 0.25) is 0 Å². The maximum atomic E-state index is 10.2. The van der Waals surface area contributed by atoms with Crippen LogP contribution < -0.4 is 11.4 Å². The molecule has 0 atom stereocenters. The number of hydrogen-bond donors (Lipinski definition) is 3. The number of aryl methyl sites for hydroxylation is 2. The van der Waals surface area contributed by atoms with E-state index in [9.17, 15) is 4.79 Å². The average Bonchev–Trinajstić information content (AvgIpc) is 3.49. The van der Waals surface area contributed by atoms with Crippen molar-refractivity contribution in [1.29, 1.82) is 0 Å². The van der Waals surface area contributed by atoms with Gasteiger partial charge in [0.15, 0.2) is 6.33 Å². The van der Waals surface area contributed by atoms with Crippen molar-refractivity contribution >= 4 is 17.2 Å². The van der Waals surface area contributed by atoms with E-state index in [4.69, 9.17) is 5.73 Å². The lowest BCUT2D eigenvalue weighted by atomic mass is 10.0. The van der Waals surface area contributed by atoms with E-state index in [1.807, 2.05) is 6.07 Å². The van der Waals surface area contributed by atoms with Crippen LogP contribution in [0.3, 0.4) is 0 Å². The molecule has 0 amide bonds. The number of aromatic amines is 2. The minimum atomic E-state index is -0.412. The molecule has 162 valence electrons.